The van der Waals surface area contributed by atoms with Gasteiger partial charge in [-0.1, -0.05) is 55.8 Å². The van der Waals surface area contributed by atoms with E-state index in [1.807, 2.05) is 36.4 Å². The maximum Gasteiger partial charge on any atom is 0.264 e. The maximum atomic E-state index is 13.2. The van der Waals surface area contributed by atoms with Gasteiger partial charge < -0.3 is 20.3 Å². The van der Waals surface area contributed by atoms with Crippen molar-refractivity contribution in [2.75, 3.05) is 48.6 Å². The van der Waals surface area contributed by atoms with Crippen molar-refractivity contribution >= 4 is 38.9 Å². The molecule has 0 atom stereocenters. The molecule has 1 aliphatic heterocycles. The number of rotatable bonds is 8. The lowest BCUT2D eigenvalue weighted by atomic mass is 9.95. The molecule has 0 saturated carbocycles. The Hall–Kier alpha value is -3.86. The van der Waals surface area contributed by atoms with Crippen molar-refractivity contribution in [2.45, 2.75) is 24.7 Å². The number of halogens is 1. The predicted molar refractivity (Wildman–Crippen MR) is 164 cm³/mol. The zero-order chi connectivity index (χ0) is 29.1. The van der Waals surface area contributed by atoms with E-state index < -0.39 is 10.0 Å². The van der Waals surface area contributed by atoms with Gasteiger partial charge in [-0.15, -0.1) is 0 Å². The molecule has 214 valence electrons. The predicted octanol–water partition coefficient (Wildman–Crippen LogP) is 5.85. The van der Waals surface area contributed by atoms with Crippen molar-refractivity contribution in [1.29, 1.82) is 0 Å². The molecule has 0 spiro atoms. The summed E-state index contributed by atoms with van der Waals surface area (Å²) < 4.78 is 35.0. The van der Waals surface area contributed by atoms with Gasteiger partial charge in [0.1, 0.15) is 5.75 Å². The first-order valence-electron chi connectivity index (χ1n) is 13.4. The molecule has 0 aliphatic carbocycles. The van der Waals surface area contributed by atoms with Crippen LogP contribution in [0.1, 0.15) is 25.3 Å². The van der Waals surface area contributed by atoms with Gasteiger partial charge in [0.05, 0.1) is 15.6 Å². The zero-order valence-corrected chi connectivity index (χ0v) is 24.8. The highest BCUT2D eigenvalue weighted by molar-refractivity contribution is 7.92. The van der Waals surface area contributed by atoms with Crippen LogP contribution in [0.4, 0.5) is 17.3 Å². The fourth-order valence-corrected chi connectivity index (χ4v) is 5.91. The Kier molecular flexibility index (Phi) is 8.35. The second-order valence-corrected chi connectivity index (χ2v) is 12.4. The van der Waals surface area contributed by atoms with Gasteiger partial charge in [-0.05, 0) is 54.9 Å². The number of sulfonamides is 1. The van der Waals surface area contributed by atoms with Crippen LogP contribution in [0.5, 0.6) is 11.6 Å². The van der Waals surface area contributed by atoms with Crippen LogP contribution in [0.15, 0.2) is 77.7 Å². The summed E-state index contributed by atoms with van der Waals surface area (Å²) in [7, 11) is -1.92. The molecule has 0 unspecified atom stereocenters. The Balaban J connectivity index is 1.51. The fourth-order valence-electron chi connectivity index (χ4n) is 4.70. The highest BCUT2D eigenvalue weighted by Gasteiger charge is 2.20. The normalized spacial score (nSPS) is 14.3. The van der Waals surface area contributed by atoms with E-state index in [1.54, 1.807) is 24.3 Å². The Morgan fingerprint density at radius 2 is 1.71 bits per heavy atom. The van der Waals surface area contributed by atoms with Gasteiger partial charge >= 0.3 is 0 Å². The van der Waals surface area contributed by atoms with E-state index in [4.69, 9.17) is 22.1 Å². The second kappa shape index (κ2) is 11.9. The Morgan fingerprint density at radius 3 is 2.41 bits per heavy atom. The van der Waals surface area contributed by atoms with Crippen LogP contribution in [0.25, 0.3) is 11.3 Å². The molecular formula is C30H33ClN6O3S. The number of anilines is 3. The van der Waals surface area contributed by atoms with Crippen LogP contribution >= 0.6 is 11.6 Å². The van der Waals surface area contributed by atoms with E-state index in [0.717, 1.165) is 43.0 Å². The van der Waals surface area contributed by atoms with Gasteiger partial charge in [0.25, 0.3) is 10.0 Å². The zero-order valence-electron chi connectivity index (χ0n) is 23.2. The van der Waals surface area contributed by atoms with Crippen LogP contribution < -0.4 is 20.1 Å². The van der Waals surface area contributed by atoms with Crippen LogP contribution in [-0.4, -0.2) is 56.5 Å². The average Bonchev–Trinajstić information content (AvgIpc) is 2.94. The third-order valence-corrected chi connectivity index (χ3v) is 8.58. The van der Waals surface area contributed by atoms with Gasteiger partial charge in [0, 0.05) is 49.2 Å². The number of nitrogens with one attached hydrogen (secondary N) is 1. The summed E-state index contributed by atoms with van der Waals surface area (Å²) in [6.45, 7) is 7.95. The largest absolute Gasteiger partial charge is 0.437 e. The Labute approximate surface area is 246 Å². The summed E-state index contributed by atoms with van der Waals surface area (Å²) in [5.41, 5.74) is 9.57. The molecule has 5 rings (SSSR count). The van der Waals surface area contributed by atoms with Gasteiger partial charge in [-0.25, -0.2) is 18.1 Å². The lowest BCUT2D eigenvalue weighted by Crippen LogP contribution is -2.44. The monoisotopic (exact) mass is 592 g/mol. The van der Waals surface area contributed by atoms with Gasteiger partial charge in [0.2, 0.25) is 11.8 Å². The molecule has 9 nitrogen and oxygen atoms in total. The van der Waals surface area contributed by atoms with E-state index in [1.165, 1.54) is 12.1 Å². The quantitative estimate of drug-likeness (QED) is 0.245. The molecule has 0 radical (unpaired) electrons. The molecule has 0 bridgehead atoms. The van der Waals surface area contributed by atoms with Crippen molar-refractivity contribution in [1.82, 2.24) is 14.9 Å². The Morgan fingerprint density at radius 1 is 0.951 bits per heavy atom. The fraction of sp³-hybridized carbons (Fsp3) is 0.267. The minimum absolute atomic E-state index is 0.000841. The topological polar surface area (TPSA) is 114 Å². The molecule has 3 N–H and O–H groups in total. The van der Waals surface area contributed by atoms with E-state index >= 15 is 0 Å². The molecule has 1 fully saturated rings. The molecular weight excluding hydrogens is 560 g/mol. The van der Waals surface area contributed by atoms with Crippen molar-refractivity contribution in [3.05, 3.63) is 83.4 Å². The lowest BCUT2D eigenvalue weighted by molar-refractivity contribution is 0.313. The molecule has 1 aliphatic rings. The first-order chi connectivity index (χ1) is 19.6. The third kappa shape index (κ3) is 6.73. The number of piperazine rings is 1. The van der Waals surface area contributed by atoms with Gasteiger partial charge in [-0.2, -0.15) is 4.98 Å². The number of nitrogens with two attached hydrogens (primary N) is 1. The first-order valence-corrected chi connectivity index (χ1v) is 15.2. The summed E-state index contributed by atoms with van der Waals surface area (Å²) >= 11 is 6.66. The molecule has 1 aromatic heterocycles. The SMILES string of the molecule is CC(C)c1ccccc1-c1cc(Oc2ccc(N3CCN(C)CC3)cc2Cl)nc(NS(=O)(=O)c2cccc(N)c2)n1. The summed E-state index contributed by atoms with van der Waals surface area (Å²) in [5, 5.41) is 0.422. The summed E-state index contributed by atoms with van der Waals surface area (Å²) in [6.07, 6.45) is 0. The molecule has 2 heterocycles. The van der Waals surface area contributed by atoms with Gasteiger partial charge in [0.15, 0.2) is 0 Å². The highest BCUT2D eigenvalue weighted by atomic mass is 35.5. The number of hydrogen-bond donors (Lipinski definition) is 2. The van der Waals surface area contributed by atoms with E-state index in [9.17, 15) is 8.42 Å². The number of likely N-dealkylation sites (N-methyl/N-ethyl adjacent to an activating group) is 1. The molecule has 0 amide bonds. The molecule has 3 aromatic carbocycles. The number of nitrogen functional groups attached to an aromatic ring is 1. The van der Waals surface area contributed by atoms with Crippen LogP contribution in [0.2, 0.25) is 5.02 Å². The molecule has 11 heteroatoms. The standard InChI is InChI=1S/C30H33ClN6O3S/c1-20(2)24-9-4-5-10-25(24)27-19-29(34-30(33-27)35-41(38,39)23-8-6-7-21(32)17-23)40-28-12-11-22(18-26(28)31)37-15-13-36(3)14-16-37/h4-12,17-20H,13-16,32H2,1-3H3,(H,33,34,35). The number of nitrogens with zero attached hydrogens (tertiary/aromatic N) is 4. The van der Waals surface area contributed by atoms with Crippen molar-refractivity contribution < 1.29 is 13.2 Å². The third-order valence-electron chi connectivity index (χ3n) is 6.95. The Bertz CT molecular complexity index is 1660. The minimum atomic E-state index is -4.03. The summed E-state index contributed by atoms with van der Waals surface area (Å²) in [6, 6.07) is 21.2. The maximum absolute atomic E-state index is 13.2. The highest BCUT2D eigenvalue weighted by Crippen LogP contribution is 2.35. The average molecular weight is 593 g/mol. The first kappa shape index (κ1) is 28.7. The van der Waals surface area contributed by atoms with Crippen LogP contribution in [0.3, 0.4) is 0 Å². The lowest BCUT2D eigenvalue weighted by Gasteiger charge is -2.34. The minimum Gasteiger partial charge on any atom is -0.437 e. The van der Waals surface area contributed by atoms with Crippen LogP contribution in [-0.2, 0) is 10.0 Å². The molecule has 4 aromatic rings. The van der Waals surface area contributed by atoms with E-state index in [0.29, 0.717) is 22.2 Å². The van der Waals surface area contributed by atoms with Crippen molar-refractivity contribution in [2.24, 2.45) is 0 Å². The second-order valence-electron chi connectivity index (χ2n) is 10.3. The van der Waals surface area contributed by atoms with E-state index in [2.05, 4.69) is 45.4 Å². The summed E-state index contributed by atoms with van der Waals surface area (Å²) in [4.78, 5) is 13.5. The number of ether oxygens (including phenoxy) is 1. The summed E-state index contributed by atoms with van der Waals surface area (Å²) in [5.74, 6) is 0.613. The molecule has 1 saturated heterocycles. The molecule has 41 heavy (non-hydrogen) atoms. The van der Waals surface area contributed by atoms with E-state index in [-0.39, 0.29) is 22.6 Å². The van der Waals surface area contributed by atoms with Gasteiger partial charge in [-0.3, -0.25) is 0 Å². The van der Waals surface area contributed by atoms with Crippen LogP contribution in [0, 0.1) is 0 Å². The number of benzene rings is 3. The number of hydrogen-bond acceptors (Lipinski definition) is 8. The van der Waals surface area contributed by atoms with Crippen molar-refractivity contribution in [3.63, 3.8) is 0 Å². The van der Waals surface area contributed by atoms with Crippen molar-refractivity contribution in [3.8, 4) is 22.9 Å². The number of aromatic nitrogens is 2. The smallest absolute Gasteiger partial charge is 0.264 e.